The molecule has 0 radical (unpaired) electrons. The average Bonchev–Trinajstić information content (AvgIpc) is 2.93. The second kappa shape index (κ2) is 5.62. The Hall–Kier alpha value is -3.48. The van der Waals surface area contributed by atoms with E-state index in [1.165, 1.54) is 0 Å². The molecular weight excluding hydrogens is 304 g/mol. The number of rotatable bonds is 3. The zero-order chi connectivity index (χ0) is 16.5. The molecule has 4 rings (SSSR count). The molecular formula is C17H14N6O. The van der Waals surface area contributed by atoms with E-state index in [4.69, 9.17) is 10.5 Å². The van der Waals surface area contributed by atoms with Gasteiger partial charge in [0.05, 0.1) is 18.1 Å². The van der Waals surface area contributed by atoms with Gasteiger partial charge < -0.3 is 10.5 Å². The summed E-state index contributed by atoms with van der Waals surface area (Å²) in [5.41, 5.74) is 8.70. The summed E-state index contributed by atoms with van der Waals surface area (Å²) in [5, 5.41) is 0. The molecule has 0 fully saturated rings. The molecule has 0 saturated heterocycles. The minimum atomic E-state index is 0.218. The van der Waals surface area contributed by atoms with Gasteiger partial charge in [-0.1, -0.05) is 18.2 Å². The van der Waals surface area contributed by atoms with E-state index >= 15 is 0 Å². The molecule has 0 bridgehead atoms. The molecule has 0 saturated carbocycles. The van der Waals surface area contributed by atoms with E-state index in [1.54, 1.807) is 24.7 Å². The van der Waals surface area contributed by atoms with E-state index in [2.05, 4.69) is 19.9 Å². The number of nitrogens with two attached hydrogens (primary N) is 1. The molecule has 0 aliphatic rings. The van der Waals surface area contributed by atoms with Gasteiger partial charge in [-0.2, -0.15) is 0 Å². The molecule has 24 heavy (non-hydrogen) atoms. The number of fused-ring (bicyclic) bond motifs is 1. The van der Waals surface area contributed by atoms with Crippen LogP contribution < -0.4 is 10.5 Å². The fraction of sp³-hybridized carbons (Fsp3) is 0.0588. The standard InChI is InChI=1S/C17H14N6O/c1-11-16(13-7-8-19-17(18)21-13)22-14-9-20-15(10-23(11)14)24-12-5-3-2-4-6-12/h2-10H,1H3,(H2,18,19,21). The van der Waals surface area contributed by atoms with Crippen molar-refractivity contribution in [2.75, 3.05) is 5.73 Å². The van der Waals surface area contributed by atoms with Crippen LogP contribution >= 0.6 is 0 Å². The second-order valence-electron chi connectivity index (χ2n) is 5.21. The van der Waals surface area contributed by atoms with E-state index in [0.717, 1.165) is 17.1 Å². The summed E-state index contributed by atoms with van der Waals surface area (Å²) in [5.74, 6) is 1.43. The minimum Gasteiger partial charge on any atom is -0.438 e. The van der Waals surface area contributed by atoms with Crippen LogP contribution in [0.5, 0.6) is 11.6 Å². The molecule has 7 heteroatoms. The number of anilines is 1. The summed E-state index contributed by atoms with van der Waals surface area (Å²) < 4.78 is 7.69. The Bertz CT molecular complexity index is 1010. The minimum absolute atomic E-state index is 0.218. The number of hydrogen-bond donors (Lipinski definition) is 1. The number of aromatic nitrogens is 5. The smallest absolute Gasteiger partial charge is 0.236 e. The van der Waals surface area contributed by atoms with Crippen LogP contribution in [0.4, 0.5) is 5.95 Å². The van der Waals surface area contributed by atoms with Crippen LogP contribution in [-0.2, 0) is 0 Å². The number of nitrogen functional groups attached to an aromatic ring is 1. The summed E-state index contributed by atoms with van der Waals surface area (Å²) in [6.07, 6.45) is 5.08. The van der Waals surface area contributed by atoms with Crippen LogP contribution in [0.2, 0.25) is 0 Å². The van der Waals surface area contributed by atoms with Gasteiger partial charge >= 0.3 is 0 Å². The van der Waals surface area contributed by atoms with Crippen molar-refractivity contribution in [2.45, 2.75) is 6.92 Å². The van der Waals surface area contributed by atoms with E-state index in [0.29, 0.717) is 17.2 Å². The summed E-state index contributed by atoms with van der Waals surface area (Å²) in [6, 6.07) is 11.3. The van der Waals surface area contributed by atoms with Crippen LogP contribution in [0.15, 0.2) is 55.0 Å². The van der Waals surface area contributed by atoms with E-state index in [9.17, 15) is 0 Å². The quantitative estimate of drug-likeness (QED) is 0.624. The number of benzene rings is 1. The van der Waals surface area contributed by atoms with E-state index < -0.39 is 0 Å². The molecule has 3 heterocycles. The molecule has 0 aliphatic carbocycles. The normalized spacial score (nSPS) is 10.9. The molecule has 0 aliphatic heterocycles. The molecule has 0 atom stereocenters. The Labute approximate surface area is 137 Å². The first-order chi connectivity index (χ1) is 11.7. The van der Waals surface area contributed by atoms with Crippen molar-refractivity contribution >= 4 is 11.6 Å². The highest BCUT2D eigenvalue weighted by atomic mass is 16.5. The Morgan fingerprint density at radius 3 is 2.67 bits per heavy atom. The first-order valence-electron chi connectivity index (χ1n) is 7.37. The Kier molecular flexibility index (Phi) is 3.31. The van der Waals surface area contributed by atoms with Crippen molar-refractivity contribution in [3.05, 3.63) is 60.7 Å². The maximum atomic E-state index is 5.77. The summed E-state index contributed by atoms with van der Waals surface area (Å²) in [7, 11) is 0. The molecule has 3 aromatic heterocycles. The molecule has 7 nitrogen and oxygen atoms in total. The number of nitrogens with zero attached hydrogens (tertiary/aromatic N) is 5. The van der Waals surface area contributed by atoms with Crippen molar-refractivity contribution in [1.29, 1.82) is 0 Å². The monoisotopic (exact) mass is 318 g/mol. The van der Waals surface area contributed by atoms with Gasteiger partial charge in [0.1, 0.15) is 11.4 Å². The molecule has 0 unspecified atom stereocenters. The third-order valence-corrected chi connectivity index (χ3v) is 3.61. The highest BCUT2D eigenvalue weighted by molar-refractivity contribution is 5.63. The third kappa shape index (κ3) is 2.52. The van der Waals surface area contributed by atoms with Crippen molar-refractivity contribution in [3.63, 3.8) is 0 Å². The maximum absolute atomic E-state index is 5.77. The van der Waals surface area contributed by atoms with Gasteiger partial charge in [0.15, 0.2) is 5.65 Å². The fourth-order valence-corrected chi connectivity index (χ4v) is 2.46. The molecule has 4 aromatic rings. The molecule has 0 amide bonds. The number of hydrogen-bond acceptors (Lipinski definition) is 6. The van der Waals surface area contributed by atoms with Gasteiger partial charge in [0, 0.05) is 11.9 Å². The van der Waals surface area contributed by atoms with Crippen molar-refractivity contribution in [1.82, 2.24) is 24.3 Å². The topological polar surface area (TPSA) is 91.2 Å². The Balaban J connectivity index is 1.76. The fourth-order valence-electron chi connectivity index (χ4n) is 2.46. The number of ether oxygens (including phenoxy) is 1. The van der Waals surface area contributed by atoms with Gasteiger partial charge in [0.25, 0.3) is 0 Å². The van der Waals surface area contributed by atoms with Crippen molar-refractivity contribution < 1.29 is 4.74 Å². The van der Waals surface area contributed by atoms with Gasteiger partial charge in [0.2, 0.25) is 11.8 Å². The lowest BCUT2D eigenvalue weighted by Crippen LogP contribution is -1.96. The second-order valence-corrected chi connectivity index (χ2v) is 5.21. The van der Waals surface area contributed by atoms with E-state index in [-0.39, 0.29) is 5.95 Å². The number of imidazole rings is 1. The molecule has 118 valence electrons. The summed E-state index contributed by atoms with van der Waals surface area (Å²) in [6.45, 7) is 1.96. The van der Waals surface area contributed by atoms with Gasteiger partial charge in [-0.3, -0.25) is 4.40 Å². The van der Waals surface area contributed by atoms with Gasteiger partial charge in [-0.05, 0) is 25.1 Å². The lowest BCUT2D eigenvalue weighted by Gasteiger charge is -2.05. The van der Waals surface area contributed by atoms with Crippen LogP contribution in [0.25, 0.3) is 17.0 Å². The zero-order valence-corrected chi connectivity index (χ0v) is 12.9. The lowest BCUT2D eigenvalue weighted by molar-refractivity contribution is 0.459. The first-order valence-corrected chi connectivity index (χ1v) is 7.37. The lowest BCUT2D eigenvalue weighted by atomic mass is 10.2. The van der Waals surface area contributed by atoms with Crippen LogP contribution in [0, 0.1) is 6.92 Å². The van der Waals surface area contributed by atoms with Crippen molar-refractivity contribution in [2.24, 2.45) is 0 Å². The average molecular weight is 318 g/mol. The molecule has 2 N–H and O–H groups in total. The third-order valence-electron chi connectivity index (χ3n) is 3.61. The van der Waals surface area contributed by atoms with Gasteiger partial charge in [-0.15, -0.1) is 0 Å². The highest BCUT2D eigenvalue weighted by Crippen LogP contribution is 2.25. The first kappa shape index (κ1) is 14.1. The SMILES string of the molecule is Cc1c(-c2ccnc(N)n2)nc2cnc(Oc3ccccc3)cn12. The number of para-hydroxylation sites is 1. The molecule has 0 spiro atoms. The predicted molar refractivity (Wildman–Crippen MR) is 89.7 cm³/mol. The van der Waals surface area contributed by atoms with Crippen LogP contribution in [0.3, 0.4) is 0 Å². The van der Waals surface area contributed by atoms with Crippen molar-refractivity contribution in [3.8, 4) is 23.0 Å². The van der Waals surface area contributed by atoms with E-state index in [1.807, 2.05) is 41.7 Å². The highest BCUT2D eigenvalue weighted by Gasteiger charge is 2.13. The van der Waals surface area contributed by atoms with Crippen LogP contribution in [-0.4, -0.2) is 24.3 Å². The van der Waals surface area contributed by atoms with Crippen LogP contribution in [0.1, 0.15) is 5.69 Å². The Morgan fingerprint density at radius 1 is 1.04 bits per heavy atom. The largest absolute Gasteiger partial charge is 0.438 e. The van der Waals surface area contributed by atoms with Gasteiger partial charge in [-0.25, -0.2) is 19.9 Å². The predicted octanol–water partition coefficient (Wildman–Crippen LogP) is 2.87. The molecule has 1 aromatic carbocycles. The summed E-state index contributed by atoms with van der Waals surface area (Å²) in [4.78, 5) is 17.0. The maximum Gasteiger partial charge on any atom is 0.236 e. The Morgan fingerprint density at radius 2 is 1.88 bits per heavy atom. The number of aryl methyl sites for hydroxylation is 1. The zero-order valence-electron chi connectivity index (χ0n) is 12.9. The summed E-state index contributed by atoms with van der Waals surface area (Å²) >= 11 is 0.